The van der Waals surface area contributed by atoms with E-state index in [9.17, 15) is 9.59 Å². The lowest BCUT2D eigenvalue weighted by molar-refractivity contribution is -0.123. The fourth-order valence-corrected chi connectivity index (χ4v) is 2.12. The van der Waals surface area contributed by atoms with Crippen LogP contribution in [0.4, 0.5) is 0 Å². The molecule has 0 atom stereocenters. The maximum atomic E-state index is 12.1. The fraction of sp³-hybridized carbons (Fsp3) is 0.385. The van der Waals surface area contributed by atoms with Gasteiger partial charge in [0, 0.05) is 25.2 Å². The van der Waals surface area contributed by atoms with Crippen molar-refractivity contribution < 1.29 is 9.59 Å². The van der Waals surface area contributed by atoms with Crippen LogP contribution in [0.3, 0.4) is 0 Å². The summed E-state index contributed by atoms with van der Waals surface area (Å²) in [6.45, 7) is 1.02. The van der Waals surface area contributed by atoms with Gasteiger partial charge in [0.1, 0.15) is 11.8 Å². The van der Waals surface area contributed by atoms with Gasteiger partial charge in [-0.2, -0.15) is 5.26 Å². The topological polar surface area (TPSA) is 100 Å². The third-order valence-corrected chi connectivity index (χ3v) is 3.30. The first-order valence-corrected chi connectivity index (χ1v) is 6.06. The first-order valence-electron chi connectivity index (χ1n) is 6.06. The van der Waals surface area contributed by atoms with E-state index in [2.05, 4.69) is 4.98 Å². The van der Waals surface area contributed by atoms with E-state index in [0.717, 1.165) is 0 Å². The van der Waals surface area contributed by atoms with Crippen molar-refractivity contribution in [2.45, 2.75) is 12.8 Å². The van der Waals surface area contributed by atoms with Gasteiger partial charge >= 0.3 is 0 Å². The molecule has 0 spiro atoms. The molecule has 0 unspecified atom stereocenters. The van der Waals surface area contributed by atoms with E-state index in [4.69, 9.17) is 11.0 Å². The zero-order chi connectivity index (χ0) is 13.8. The third-order valence-electron chi connectivity index (χ3n) is 3.30. The molecule has 19 heavy (non-hydrogen) atoms. The Morgan fingerprint density at radius 3 is 2.53 bits per heavy atom. The van der Waals surface area contributed by atoms with Crippen molar-refractivity contribution in [3.8, 4) is 6.07 Å². The molecule has 1 fully saturated rings. The average Bonchev–Trinajstić information content (AvgIpc) is 2.46. The van der Waals surface area contributed by atoms with Gasteiger partial charge in [-0.1, -0.05) is 0 Å². The molecule has 2 amide bonds. The number of pyridine rings is 1. The van der Waals surface area contributed by atoms with Gasteiger partial charge in [-0.15, -0.1) is 0 Å². The van der Waals surface area contributed by atoms with E-state index in [1.807, 2.05) is 6.07 Å². The molecule has 1 aliphatic heterocycles. The predicted molar refractivity (Wildman–Crippen MR) is 66.8 cm³/mol. The van der Waals surface area contributed by atoms with Gasteiger partial charge in [0.05, 0.1) is 5.56 Å². The maximum Gasteiger partial charge on any atom is 0.272 e. The summed E-state index contributed by atoms with van der Waals surface area (Å²) in [6, 6.07) is 5.06. The summed E-state index contributed by atoms with van der Waals surface area (Å²) < 4.78 is 0. The van der Waals surface area contributed by atoms with Crippen molar-refractivity contribution in [2.24, 2.45) is 11.7 Å². The molecule has 1 aromatic rings. The molecular weight excluding hydrogens is 244 g/mol. The number of carbonyl (C=O) groups excluding carboxylic acids is 2. The quantitative estimate of drug-likeness (QED) is 0.823. The number of amides is 2. The molecule has 1 saturated heterocycles. The highest BCUT2D eigenvalue weighted by molar-refractivity contribution is 5.92. The lowest BCUT2D eigenvalue weighted by Crippen LogP contribution is -2.42. The molecule has 2 rings (SSSR count). The summed E-state index contributed by atoms with van der Waals surface area (Å²) in [6.07, 6.45) is 2.57. The zero-order valence-corrected chi connectivity index (χ0v) is 10.4. The average molecular weight is 258 g/mol. The number of aromatic nitrogens is 1. The molecule has 1 aromatic heterocycles. The maximum absolute atomic E-state index is 12.1. The number of likely N-dealkylation sites (tertiary alicyclic amines) is 1. The van der Waals surface area contributed by atoms with Crippen molar-refractivity contribution in [3.63, 3.8) is 0 Å². The Labute approximate surface area is 110 Å². The summed E-state index contributed by atoms with van der Waals surface area (Å²) in [7, 11) is 0. The zero-order valence-electron chi connectivity index (χ0n) is 10.4. The first-order chi connectivity index (χ1) is 9.11. The highest BCUT2D eigenvalue weighted by atomic mass is 16.2. The molecular formula is C13H14N4O2. The van der Waals surface area contributed by atoms with Gasteiger partial charge in [-0.05, 0) is 25.0 Å². The van der Waals surface area contributed by atoms with Crippen molar-refractivity contribution in [1.82, 2.24) is 9.88 Å². The van der Waals surface area contributed by atoms with Gasteiger partial charge in [0.15, 0.2) is 0 Å². The fourth-order valence-electron chi connectivity index (χ4n) is 2.12. The normalized spacial score (nSPS) is 15.8. The van der Waals surface area contributed by atoms with Crippen LogP contribution in [0.1, 0.15) is 28.9 Å². The summed E-state index contributed by atoms with van der Waals surface area (Å²) in [5.41, 5.74) is 5.98. The van der Waals surface area contributed by atoms with Crippen molar-refractivity contribution in [2.75, 3.05) is 13.1 Å². The molecule has 6 nitrogen and oxygen atoms in total. The summed E-state index contributed by atoms with van der Waals surface area (Å²) in [5.74, 6) is -0.617. The number of carbonyl (C=O) groups is 2. The standard InChI is InChI=1S/C13H14N4O2/c14-7-9-1-2-11(16-8-9)13(19)17-5-3-10(4-6-17)12(15)18/h1-2,8,10H,3-6H2,(H2,15,18). The number of hydrogen-bond acceptors (Lipinski definition) is 4. The molecule has 98 valence electrons. The molecule has 2 N–H and O–H groups in total. The smallest absolute Gasteiger partial charge is 0.272 e. The third kappa shape index (κ3) is 2.88. The Morgan fingerprint density at radius 2 is 2.05 bits per heavy atom. The van der Waals surface area contributed by atoms with Crippen LogP contribution in [0.2, 0.25) is 0 Å². The Kier molecular flexibility index (Phi) is 3.76. The second kappa shape index (κ2) is 5.48. The highest BCUT2D eigenvalue weighted by Gasteiger charge is 2.26. The van der Waals surface area contributed by atoms with Gasteiger partial charge in [0.25, 0.3) is 5.91 Å². The Balaban J connectivity index is 2.01. The van der Waals surface area contributed by atoms with Crippen LogP contribution >= 0.6 is 0 Å². The van der Waals surface area contributed by atoms with E-state index in [-0.39, 0.29) is 17.7 Å². The van der Waals surface area contributed by atoms with Crippen LogP contribution in [-0.2, 0) is 4.79 Å². The molecule has 1 aliphatic rings. The van der Waals surface area contributed by atoms with Crippen molar-refractivity contribution in [1.29, 1.82) is 5.26 Å². The van der Waals surface area contributed by atoms with E-state index >= 15 is 0 Å². The predicted octanol–water partition coefficient (Wildman–Crippen LogP) is 0.291. The van der Waals surface area contributed by atoms with Crippen LogP contribution in [-0.4, -0.2) is 34.8 Å². The minimum atomic E-state index is -0.302. The molecule has 0 aliphatic carbocycles. The lowest BCUT2D eigenvalue weighted by atomic mass is 9.96. The highest BCUT2D eigenvalue weighted by Crippen LogP contribution is 2.18. The molecule has 2 heterocycles. The summed E-state index contributed by atoms with van der Waals surface area (Å²) in [5, 5.41) is 8.67. The summed E-state index contributed by atoms with van der Waals surface area (Å²) >= 11 is 0. The molecule has 6 heteroatoms. The van der Waals surface area contributed by atoms with E-state index in [1.54, 1.807) is 17.0 Å². The van der Waals surface area contributed by atoms with Crippen LogP contribution in [0.25, 0.3) is 0 Å². The molecule has 0 radical (unpaired) electrons. The number of primary amides is 1. The lowest BCUT2D eigenvalue weighted by Gasteiger charge is -2.30. The Bertz CT molecular complexity index is 525. The van der Waals surface area contributed by atoms with Crippen LogP contribution in [0, 0.1) is 17.2 Å². The number of nitrogens with zero attached hydrogens (tertiary/aromatic N) is 3. The van der Waals surface area contributed by atoms with Crippen LogP contribution in [0.5, 0.6) is 0 Å². The Morgan fingerprint density at radius 1 is 1.37 bits per heavy atom. The van der Waals surface area contributed by atoms with Gasteiger partial charge in [-0.25, -0.2) is 4.98 Å². The molecule has 0 saturated carbocycles. The molecule has 0 aromatic carbocycles. The molecule has 0 bridgehead atoms. The number of rotatable bonds is 2. The van der Waals surface area contributed by atoms with Crippen LogP contribution < -0.4 is 5.73 Å². The number of nitrogens with two attached hydrogens (primary N) is 1. The van der Waals surface area contributed by atoms with Crippen LogP contribution in [0.15, 0.2) is 18.3 Å². The summed E-state index contributed by atoms with van der Waals surface area (Å²) in [4.78, 5) is 28.8. The number of nitriles is 1. The van der Waals surface area contributed by atoms with E-state index < -0.39 is 0 Å². The van der Waals surface area contributed by atoms with Gasteiger partial charge < -0.3 is 10.6 Å². The van der Waals surface area contributed by atoms with Crippen molar-refractivity contribution >= 4 is 11.8 Å². The minimum Gasteiger partial charge on any atom is -0.369 e. The Hall–Kier alpha value is -2.42. The minimum absolute atomic E-state index is 0.141. The van der Waals surface area contributed by atoms with Crippen molar-refractivity contribution in [3.05, 3.63) is 29.6 Å². The monoisotopic (exact) mass is 258 g/mol. The second-order valence-corrected chi connectivity index (χ2v) is 4.51. The second-order valence-electron chi connectivity index (χ2n) is 4.51. The van der Waals surface area contributed by atoms with Gasteiger partial charge in [-0.3, -0.25) is 9.59 Å². The van der Waals surface area contributed by atoms with E-state index in [1.165, 1.54) is 6.20 Å². The largest absolute Gasteiger partial charge is 0.369 e. The first kappa shape index (κ1) is 13.0. The number of piperidine rings is 1. The number of hydrogen-bond donors (Lipinski definition) is 1. The van der Waals surface area contributed by atoms with E-state index in [0.29, 0.717) is 37.2 Å². The SMILES string of the molecule is N#Cc1ccc(C(=O)N2CCC(C(N)=O)CC2)nc1. The van der Waals surface area contributed by atoms with Gasteiger partial charge in [0.2, 0.25) is 5.91 Å².